The number of aliphatic hydroxyl groups excluding tert-OH is 1. The van der Waals surface area contributed by atoms with E-state index in [2.05, 4.69) is 25.6 Å². The van der Waals surface area contributed by atoms with Gasteiger partial charge in [0.2, 0.25) is 5.95 Å². The number of hydrogen-bond donors (Lipinski definition) is 3. The molecule has 0 radical (unpaired) electrons. The summed E-state index contributed by atoms with van der Waals surface area (Å²) in [5.74, 6) is 1.48. The number of rotatable bonds is 6. The zero-order valence-corrected chi connectivity index (χ0v) is 16.9. The topological polar surface area (TPSA) is 100 Å². The number of aromatic nitrogens is 3. The van der Waals surface area contributed by atoms with Crippen molar-refractivity contribution in [2.24, 2.45) is 0 Å². The number of thioether (sulfide) groups is 1. The smallest absolute Gasteiger partial charge is 0.222 e. The summed E-state index contributed by atoms with van der Waals surface area (Å²) in [5, 5.41) is 16.9. The molecule has 8 heteroatoms. The van der Waals surface area contributed by atoms with E-state index in [1.54, 1.807) is 24.0 Å². The van der Waals surface area contributed by atoms with Gasteiger partial charge in [0, 0.05) is 46.7 Å². The minimum absolute atomic E-state index is 0.0476. The van der Waals surface area contributed by atoms with Crippen LogP contribution in [0.5, 0.6) is 0 Å². The van der Waals surface area contributed by atoms with Crippen LogP contribution in [0.1, 0.15) is 31.2 Å². The normalized spacial score (nSPS) is 21.5. The predicted molar refractivity (Wildman–Crippen MR) is 115 cm³/mol. The van der Waals surface area contributed by atoms with Crippen molar-refractivity contribution in [2.45, 2.75) is 42.7 Å². The van der Waals surface area contributed by atoms with Crippen molar-refractivity contribution in [3.05, 3.63) is 54.2 Å². The summed E-state index contributed by atoms with van der Waals surface area (Å²) in [6.45, 7) is 0. The number of carbonyl (C=O) groups is 1. The number of carbonyl (C=O) groups excluding carboxylic acids is 1. The second kappa shape index (κ2) is 8.65. The maximum Gasteiger partial charge on any atom is 0.222 e. The van der Waals surface area contributed by atoms with Crippen LogP contribution in [0.4, 0.5) is 11.8 Å². The van der Waals surface area contributed by atoms with Gasteiger partial charge in [0.05, 0.1) is 6.42 Å². The Bertz CT molecular complexity index is 941. The van der Waals surface area contributed by atoms with Crippen molar-refractivity contribution < 1.29 is 9.90 Å². The molecule has 2 aromatic heterocycles. The molecule has 1 saturated carbocycles. The summed E-state index contributed by atoms with van der Waals surface area (Å²) in [6.07, 6.45) is 13.6. The van der Waals surface area contributed by atoms with Crippen LogP contribution < -0.4 is 10.6 Å². The highest BCUT2D eigenvalue weighted by atomic mass is 32.2. The second-order valence-corrected chi connectivity index (χ2v) is 8.09. The summed E-state index contributed by atoms with van der Waals surface area (Å²) in [7, 11) is 0. The number of aliphatic hydroxyl groups is 1. The largest absolute Gasteiger partial charge is 0.511 e. The highest BCUT2D eigenvalue weighted by Gasteiger charge is 2.25. The van der Waals surface area contributed by atoms with Gasteiger partial charge in [-0.1, -0.05) is 0 Å². The van der Waals surface area contributed by atoms with Crippen LogP contribution >= 0.6 is 11.8 Å². The van der Waals surface area contributed by atoms with E-state index in [1.807, 2.05) is 30.8 Å². The van der Waals surface area contributed by atoms with Crippen LogP contribution in [0.2, 0.25) is 0 Å². The molecule has 0 saturated heterocycles. The number of ketones is 1. The van der Waals surface area contributed by atoms with Gasteiger partial charge >= 0.3 is 0 Å². The van der Waals surface area contributed by atoms with Crippen LogP contribution in [0.25, 0.3) is 5.57 Å². The monoisotopic (exact) mass is 409 g/mol. The van der Waals surface area contributed by atoms with Gasteiger partial charge in [-0.2, -0.15) is 0 Å². The molecule has 3 N–H and O–H groups in total. The van der Waals surface area contributed by atoms with Crippen molar-refractivity contribution in [1.29, 1.82) is 0 Å². The van der Waals surface area contributed by atoms with Crippen molar-refractivity contribution in [2.75, 3.05) is 16.9 Å². The first-order valence-electron chi connectivity index (χ1n) is 9.59. The molecule has 0 aliphatic heterocycles. The molecule has 29 heavy (non-hydrogen) atoms. The Kier molecular flexibility index (Phi) is 5.80. The van der Waals surface area contributed by atoms with Crippen molar-refractivity contribution in [3.63, 3.8) is 0 Å². The summed E-state index contributed by atoms with van der Waals surface area (Å²) in [6, 6.07) is 4.48. The van der Waals surface area contributed by atoms with Crippen molar-refractivity contribution >= 4 is 34.9 Å². The van der Waals surface area contributed by atoms with Gasteiger partial charge in [0.15, 0.2) is 5.78 Å². The third-order valence-corrected chi connectivity index (χ3v) is 5.83. The zero-order chi connectivity index (χ0) is 20.2. The van der Waals surface area contributed by atoms with E-state index in [0.717, 1.165) is 35.5 Å². The molecule has 2 aromatic rings. The summed E-state index contributed by atoms with van der Waals surface area (Å²) >= 11 is 1.63. The highest BCUT2D eigenvalue weighted by Crippen LogP contribution is 2.27. The summed E-state index contributed by atoms with van der Waals surface area (Å²) < 4.78 is 0. The quantitative estimate of drug-likeness (QED) is 0.619. The first kappa shape index (κ1) is 19.4. The van der Waals surface area contributed by atoms with Crippen LogP contribution in [0, 0.1) is 0 Å². The molecular formula is C21H23N5O2S. The van der Waals surface area contributed by atoms with Crippen LogP contribution in [-0.2, 0) is 4.79 Å². The van der Waals surface area contributed by atoms with Crippen LogP contribution in [0.3, 0.4) is 0 Å². The van der Waals surface area contributed by atoms with Gasteiger partial charge in [-0.05, 0) is 49.8 Å². The lowest BCUT2D eigenvalue weighted by atomic mass is 9.99. The Morgan fingerprint density at radius 1 is 1.03 bits per heavy atom. The number of hydrogen-bond acceptors (Lipinski definition) is 8. The number of nitrogens with zero attached hydrogens (tertiary/aromatic N) is 3. The standard InChI is InChI=1S/C21H23N5O2S/c1-29-17-11-23-21(24-12-17)26-15-4-3-14(8-15)25-20-7-2-13(10-22-20)18-6-5-16(27)9-19(18)28/h2,5-7,10-12,14-15,28H,3-4,8-9H2,1H3,(H,22,25)(H,23,24,26)/t14-,15+/m1/s1. The predicted octanol–water partition coefficient (Wildman–Crippen LogP) is 3.84. The molecule has 2 heterocycles. The number of anilines is 2. The van der Waals surface area contributed by atoms with E-state index < -0.39 is 0 Å². The van der Waals surface area contributed by atoms with E-state index in [1.165, 1.54) is 6.08 Å². The van der Waals surface area contributed by atoms with Gasteiger partial charge in [0.25, 0.3) is 0 Å². The molecule has 7 nitrogen and oxygen atoms in total. The third-order valence-electron chi connectivity index (χ3n) is 5.14. The lowest BCUT2D eigenvalue weighted by molar-refractivity contribution is -0.114. The van der Waals surface area contributed by atoms with Crippen LogP contribution in [-0.4, -0.2) is 44.2 Å². The molecule has 0 amide bonds. The fourth-order valence-electron chi connectivity index (χ4n) is 3.62. The SMILES string of the molecule is CSc1cnc(N[C@H]2CC[C@@H](Nc3ccc(C4=C(O)CC(=O)C=C4)cn3)C2)nc1. The Balaban J connectivity index is 1.32. The van der Waals surface area contributed by atoms with Gasteiger partial charge in [-0.25, -0.2) is 15.0 Å². The number of pyridine rings is 1. The Hall–Kier alpha value is -2.87. The summed E-state index contributed by atoms with van der Waals surface area (Å²) in [5.41, 5.74) is 1.45. The first-order valence-corrected chi connectivity index (χ1v) is 10.8. The second-order valence-electron chi connectivity index (χ2n) is 7.21. The highest BCUT2D eigenvalue weighted by molar-refractivity contribution is 7.98. The Labute approximate surface area is 173 Å². The lowest BCUT2D eigenvalue weighted by Crippen LogP contribution is -2.22. The molecule has 4 rings (SSSR count). The van der Waals surface area contributed by atoms with Gasteiger partial charge in [0.1, 0.15) is 11.6 Å². The molecule has 1 fully saturated rings. The molecule has 0 aromatic carbocycles. The fourth-order valence-corrected chi connectivity index (χ4v) is 3.94. The third kappa shape index (κ3) is 4.76. The van der Waals surface area contributed by atoms with E-state index in [4.69, 9.17) is 0 Å². The minimum Gasteiger partial charge on any atom is -0.511 e. The van der Waals surface area contributed by atoms with Gasteiger partial charge in [-0.15, -0.1) is 11.8 Å². The fraction of sp³-hybridized carbons (Fsp3) is 0.333. The molecular weight excluding hydrogens is 386 g/mol. The molecule has 2 aliphatic carbocycles. The Morgan fingerprint density at radius 2 is 1.79 bits per heavy atom. The van der Waals surface area contributed by atoms with Gasteiger partial charge < -0.3 is 15.7 Å². The number of nitrogens with one attached hydrogen (secondary N) is 2. The average molecular weight is 410 g/mol. The van der Waals surface area contributed by atoms with E-state index in [-0.39, 0.29) is 18.0 Å². The van der Waals surface area contributed by atoms with Crippen molar-refractivity contribution in [1.82, 2.24) is 15.0 Å². The molecule has 2 atom stereocenters. The maximum absolute atomic E-state index is 11.3. The summed E-state index contributed by atoms with van der Waals surface area (Å²) in [4.78, 5) is 25.6. The van der Waals surface area contributed by atoms with Gasteiger partial charge in [-0.3, -0.25) is 4.79 Å². The van der Waals surface area contributed by atoms with Crippen LogP contribution in [0.15, 0.2) is 53.5 Å². The maximum atomic E-state index is 11.3. The zero-order valence-electron chi connectivity index (χ0n) is 16.1. The Morgan fingerprint density at radius 3 is 2.45 bits per heavy atom. The van der Waals surface area contributed by atoms with E-state index >= 15 is 0 Å². The minimum atomic E-state index is -0.0903. The molecule has 150 valence electrons. The first-order chi connectivity index (χ1) is 14.1. The van der Waals surface area contributed by atoms with E-state index in [9.17, 15) is 9.90 Å². The van der Waals surface area contributed by atoms with Crippen molar-refractivity contribution in [3.8, 4) is 0 Å². The van der Waals surface area contributed by atoms with E-state index in [0.29, 0.717) is 23.6 Å². The number of allylic oxidation sites excluding steroid dienone is 4. The molecule has 2 aliphatic rings. The average Bonchev–Trinajstić information content (AvgIpc) is 3.16. The molecule has 0 unspecified atom stereocenters. The lowest BCUT2D eigenvalue weighted by Gasteiger charge is -2.16. The molecule has 0 spiro atoms. The molecule has 0 bridgehead atoms.